The molecule has 2 rings (SSSR count). The molecule has 21 heavy (non-hydrogen) atoms. The SMILES string of the molecule is CC(C)C1(C(=O)Nc2ccc(O)cc2[N+](=O)[O-])CCNC1. The van der Waals surface area contributed by atoms with Crippen molar-refractivity contribution in [2.24, 2.45) is 11.3 Å². The molecule has 0 saturated carbocycles. The Bertz CT molecular complexity index is 565. The van der Waals surface area contributed by atoms with Crippen LogP contribution in [-0.2, 0) is 4.79 Å². The van der Waals surface area contributed by atoms with Crippen molar-refractivity contribution in [2.75, 3.05) is 18.4 Å². The van der Waals surface area contributed by atoms with Crippen LogP contribution in [0.4, 0.5) is 11.4 Å². The van der Waals surface area contributed by atoms with E-state index < -0.39 is 10.3 Å². The lowest BCUT2D eigenvalue weighted by Gasteiger charge is -2.30. The van der Waals surface area contributed by atoms with Crippen LogP contribution in [0.1, 0.15) is 20.3 Å². The maximum absolute atomic E-state index is 12.6. The Labute approximate surface area is 122 Å². The molecular weight excluding hydrogens is 274 g/mol. The van der Waals surface area contributed by atoms with Gasteiger partial charge in [0.05, 0.1) is 16.4 Å². The minimum atomic E-state index is -0.621. The number of hydrogen-bond donors (Lipinski definition) is 3. The first-order chi connectivity index (χ1) is 9.86. The largest absolute Gasteiger partial charge is 0.508 e. The zero-order valence-corrected chi connectivity index (χ0v) is 12.0. The van der Waals surface area contributed by atoms with Gasteiger partial charge in [0.25, 0.3) is 5.69 Å². The third kappa shape index (κ3) is 2.82. The number of carbonyl (C=O) groups excluding carboxylic acids is 1. The van der Waals surface area contributed by atoms with E-state index >= 15 is 0 Å². The normalized spacial score (nSPS) is 21.5. The second-order valence-corrected chi connectivity index (χ2v) is 5.65. The maximum atomic E-state index is 12.6. The number of nitro groups is 1. The van der Waals surface area contributed by atoms with Gasteiger partial charge in [0, 0.05) is 6.54 Å². The molecule has 1 aliphatic rings. The van der Waals surface area contributed by atoms with Crippen LogP contribution >= 0.6 is 0 Å². The van der Waals surface area contributed by atoms with E-state index in [4.69, 9.17) is 0 Å². The first-order valence-electron chi connectivity index (χ1n) is 6.86. The summed E-state index contributed by atoms with van der Waals surface area (Å²) in [4.78, 5) is 23.0. The Balaban J connectivity index is 2.29. The molecule has 1 aromatic rings. The Morgan fingerprint density at radius 3 is 2.76 bits per heavy atom. The molecule has 1 saturated heterocycles. The first kappa shape index (κ1) is 15.2. The van der Waals surface area contributed by atoms with E-state index in [-0.39, 0.29) is 28.9 Å². The van der Waals surface area contributed by atoms with Crippen LogP contribution in [0.25, 0.3) is 0 Å². The number of phenols is 1. The summed E-state index contributed by atoms with van der Waals surface area (Å²) in [5.41, 5.74) is -0.769. The zero-order valence-electron chi connectivity index (χ0n) is 12.0. The van der Waals surface area contributed by atoms with Gasteiger partial charge in [0.2, 0.25) is 5.91 Å². The lowest BCUT2D eigenvalue weighted by molar-refractivity contribution is -0.384. The Morgan fingerprint density at radius 1 is 1.52 bits per heavy atom. The topological polar surface area (TPSA) is 104 Å². The standard InChI is InChI=1S/C14H19N3O4/c1-9(2)14(5-6-15-8-14)13(19)16-11-4-3-10(18)7-12(11)17(20)21/h3-4,7,9,15,18H,5-6,8H2,1-2H3,(H,16,19). The Hall–Kier alpha value is -2.15. The van der Waals surface area contributed by atoms with Crippen molar-refractivity contribution in [3.63, 3.8) is 0 Å². The number of benzene rings is 1. The molecule has 1 fully saturated rings. The van der Waals surface area contributed by atoms with E-state index in [1.54, 1.807) is 0 Å². The van der Waals surface area contributed by atoms with E-state index in [0.29, 0.717) is 13.0 Å². The summed E-state index contributed by atoms with van der Waals surface area (Å²) in [6.07, 6.45) is 0.697. The summed E-state index contributed by atoms with van der Waals surface area (Å²) < 4.78 is 0. The van der Waals surface area contributed by atoms with Crippen LogP contribution in [0.2, 0.25) is 0 Å². The molecule has 1 heterocycles. The number of nitrogens with one attached hydrogen (secondary N) is 2. The van der Waals surface area contributed by atoms with Crippen molar-refractivity contribution < 1.29 is 14.8 Å². The van der Waals surface area contributed by atoms with Crippen molar-refractivity contribution >= 4 is 17.3 Å². The number of rotatable bonds is 4. The number of carbonyl (C=O) groups is 1. The summed E-state index contributed by atoms with van der Waals surface area (Å²) >= 11 is 0. The second-order valence-electron chi connectivity index (χ2n) is 5.65. The summed E-state index contributed by atoms with van der Waals surface area (Å²) in [5.74, 6) is -0.319. The molecule has 1 amide bonds. The van der Waals surface area contributed by atoms with Crippen molar-refractivity contribution in [1.82, 2.24) is 5.32 Å². The van der Waals surface area contributed by atoms with Gasteiger partial charge in [-0.3, -0.25) is 14.9 Å². The number of phenolic OH excluding ortho intramolecular Hbond substituents is 1. The van der Waals surface area contributed by atoms with Crippen LogP contribution in [-0.4, -0.2) is 29.0 Å². The van der Waals surface area contributed by atoms with Gasteiger partial charge in [-0.1, -0.05) is 13.8 Å². The summed E-state index contributed by atoms with van der Waals surface area (Å²) in [6, 6.07) is 3.70. The van der Waals surface area contributed by atoms with Gasteiger partial charge < -0.3 is 15.7 Å². The van der Waals surface area contributed by atoms with E-state index in [0.717, 1.165) is 12.6 Å². The molecule has 1 aliphatic heterocycles. The van der Waals surface area contributed by atoms with Crippen molar-refractivity contribution in [2.45, 2.75) is 20.3 Å². The smallest absolute Gasteiger partial charge is 0.296 e. The molecule has 7 nitrogen and oxygen atoms in total. The lowest BCUT2D eigenvalue weighted by atomic mass is 9.75. The van der Waals surface area contributed by atoms with Gasteiger partial charge >= 0.3 is 0 Å². The highest BCUT2D eigenvalue weighted by molar-refractivity contribution is 5.97. The van der Waals surface area contributed by atoms with Gasteiger partial charge in [-0.2, -0.15) is 0 Å². The van der Waals surface area contributed by atoms with Gasteiger partial charge in [0.1, 0.15) is 11.4 Å². The quantitative estimate of drug-likeness (QED) is 0.446. The fourth-order valence-corrected chi connectivity index (χ4v) is 2.68. The van der Waals surface area contributed by atoms with Crippen LogP contribution in [0, 0.1) is 21.4 Å². The average molecular weight is 293 g/mol. The fourth-order valence-electron chi connectivity index (χ4n) is 2.68. The molecule has 114 valence electrons. The predicted octanol–water partition coefficient (Wildman–Crippen LogP) is 1.87. The first-order valence-corrected chi connectivity index (χ1v) is 6.86. The molecule has 0 bridgehead atoms. The average Bonchev–Trinajstić information content (AvgIpc) is 2.91. The highest BCUT2D eigenvalue weighted by atomic mass is 16.6. The molecule has 7 heteroatoms. The second kappa shape index (κ2) is 5.69. The molecule has 0 aliphatic carbocycles. The molecule has 1 unspecified atom stereocenters. The van der Waals surface area contributed by atoms with Crippen LogP contribution in [0.3, 0.4) is 0 Å². The number of nitro benzene ring substituents is 1. The molecule has 1 aromatic carbocycles. The zero-order chi connectivity index (χ0) is 15.6. The third-order valence-corrected chi connectivity index (χ3v) is 4.17. The van der Waals surface area contributed by atoms with Gasteiger partial charge in [-0.25, -0.2) is 0 Å². The molecule has 0 aromatic heterocycles. The molecular formula is C14H19N3O4. The van der Waals surface area contributed by atoms with E-state index in [1.165, 1.54) is 12.1 Å². The molecule has 0 radical (unpaired) electrons. The summed E-state index contributed by atoms with van der Waals surface area (Å²) in [6.45, 7) is 5.25. The van der Waals surface area contributed by atoms with E-state index in [2.05, 4.69) is 10.6 Å². The highest BCUT2D eigenvalue weighted by Gasteiger charge is 2.44. The minimum Gasteiger partial charge on any atom is -0.508 e. The lowest BCUT2D eigenvalue weighted by Crippen LogP contribution is -2.42. The van der Waals surface area contributed by atoms with Crippen LogP contribution in [0.15, 0.2) is 18.2 Å². The third-order valence-electron chi connectivity index (χ3n) is 4.17. The van der Waals surface area contributed by atoms with Crippen LogP contribution < -0.4 is 10.6 Å². The van der Waals surface area contributed by atoms with Gasteiger partial charge in [-0.15, -0.1) is 0 Å². The van der Waals surface area contributed by atoms with Crippen molar-refractivity contribution in [1.29, 1.82) is 0 Å². The van der Waals surface area contributed by atoms with Crippen molar-refractivity contribution in [3.05, 3.63) is 28.3 Å². The fraction of sp³-hybridized carbons (Fsp3) is 0.500. The highest BCUT2D eigenvalue weighted by Crippen LogP contribution is 2.37. The van der Waals surface area contributed by atoms with Gasteiger partial charge in [-0.05, 0) is 31.0 Å². The van der Waals surface area contributed by atoms with Gasteiger partial charge in [0.15, 0.2) is 0 Å². The van der Waals surface area contributed by atoms with Crippen molar-refractivity contribution in [3.8, 4) is 5.75 Å². The minimum absolute atomic E-state index is 0.106. The number of aromatic hydroxyl groups is 1. The Morgan fingerprint density at radius 2 is 2.24 bits per heavy atom. The molecule has 0 spiro atoms. The summed E-state index contributed by atoms with van der Waals surface area (Å²) in [5, 5.41) is 26.2. The maximum Gasteiger partial charge on any atom is 0.296 e. The summed E-state index contributed by atoms with van der Waals surface area (Å²) in [7, 11) is 0. The monoisotopic (exact) mass is 293 g/mol. The Kier molecular flexibility index (Phi) is 4.13. The van der Waals surface area contributed by atoms with Crippen LogP contribution in [0.5, 0.6) is 5.75 Å². The number of anilines is 1. The molecule has 3 N–H and O–H groups in total. The number of nitrogens with zero attached hydrogens (tertiary/aromatic N) is 1. The number of hydrogen-bond acceptors (Lipinski definition) is 5. The molecule has 1 atom stereocenters. The van der Waals surface area contributed by atoms with E-state index in [9.17, 15) is 20.0 Å². The number of amides is 1. The predicted molar refractivity (Wildman–Crippen MR) is 78.1 cm³/mol. The van der Waals surface area contributed by atoms with E-state index in [1.807, 2.05) is 13.8 Å².